The molecule has 2 heterocycles. The number of nitrogens with one attached hydrogen (secondary N) is 3. The van der Waals surface area contributed by atoms with Gasteiger partial charge in [-0.05, 0) is 12.1 Å². The van der Waals surface area contributed by atoms with E-state index in [2.05, 4.69) is 25.5 Å². The Bertz CT molecular complexity index is 581. The molecule has 0 aliphatic carbocycles. The topological polar surface area (TPSA) is 69.4 Å². The van der Waals surface area contributed by atoms with E-state index in [9.17, 15) is 0 Å². The first-order valence-corrected chi connectivity index (χ1v) is 5.08. The Morgan fingerprint density at radius 1 is 1.31 bits per heavy atom. The smallest absolute Gasteiger partial charge is 0.125 e. The summed E-state index contributed by atoms with van der Waals surface area (Å²) >= 11 is 0. The summed E-state index contributed by atoms with van der Waals surface area (Å²) < 4.78 is 0. The summed E-state index contributed by atoms with van der Waals surface area (Å²) in [6.07, 6.45) is 5.38. The van der Waals surface area contributed by atoms with E-state index in [0.717, 1.165) is 22.4 Å². The van der Waals surface area contributed by atoms with Crippen molar-refractivity contribution < 1.29 is 0 Å². The number of hydrogen-bond donors (Lipinski definition) is 3. The van der Waals surface area contributed by atoms with Crippen molar-refractivity contribution in [3.05, 3.63) is 42.6 Å². The molecule has 3 aromatic rings. The van der Waals surface area contributed by atoms with Crippen LogP contribution in [-0.2, 0) is 6.54 Å². The number of aromatic nitrogens is 4. The van der Waals surface area contributed by atoms with Gasteiger partial charge in [-0.25, -0.2) is 4.98 Å². The first-order valence-electron chi connectivity index (χ1n) is 5.08. The third kappa shape index (κ3) is 1.52. The van der Waals surface area contributed by atoms with Crippen LogP contribution in [-0.4, -0.2) is 20.2 Å². The van der Waals surface area contributed by atoms with Gasteiger partial charge in [-0.15, -0.1) is 0 Å². The minimum atomic E-state index is 0.678. The van der Waals surface area contributed by atoms with Gasteiger partial charge in [-0.3, -0.25) is 5.10 Å². The standard InChI is InChI=1S/C11H11N5/c1-2-9(8-6-15-16-10(8)3-1)14-7-11-12-4-5-13-11/h1-6,14H,7H2,(H,12,13)(H,15,16). The number of hydrogen-bond acceptors (Lipinski definition) is 3. The Labute approximate surface area is 91.9 Å². The SMILES string of the molecule is c1cc(NCc2ncc[nH]2)c2cn[nH]c2c1. The average Bonchev–Trinajstić information content (AvgIpc) is 2.97. The molecule has 0 amide bonds. The molecular formula is C11H11N5. The van der Waals surface area contributed by atoms with E-state index in [1.54, 1.807) is 6.20 Å². The highest BCUT2D eigenvalue weighted by Crippen LogP contribution is 2.21. The van der Waals surface area contributed by atoms with E-state index < -0.39 is 0 Å². The second kappa shape index (κ2) is 3.69. The highest BCUT2D eigenvalue weighted by molar-refractivity contribution is 5.90. The van der Waals surface area contributed by atoms with Crippen LogP contribution in [0.3, 0.4) is 0 Å². The molecular weight excluding hydrogens is 202 g/mol. The molecule has 5 nitrogen and oxygen atoms in total. The first kappa shape index (κ1) is 8.96. The number of fused-ring (bicyclic) bond motifs is 1. The van der Waals surface area contributed by atoms with Crippen molar-refractivity contribution in [2.24, 2.45) is 0 Å². The third-order valence-corrected chi connectivity index (χ3v) is 2.49. The van der Waals surface area contributed by atoms with E-state index >= 15 is 0 Å². The predicted molar refractivity (Wildman–Crippen MR) is 62.0 cm³/mol. The van der Waals surface area contributed by atoms with Crippen LogP contribution in [0.15, 0.2) is 36.8 Å². The summed E-state index contributed by atoms with van der Waals surface area (Å²) in [5.41, 5.74) is 2.09. The van der Waals surface area contributed by atoms with E-state index in [-0.39, 0.29) is 0 Å². The van der Waals surface area contributed by atoms with Crippen LogP contribution in [0.2, 0.25) is 0 Å². The fourth-order valence-corrected chi connectivity index (χ4v) is 1.70. The van der Waals surface area contributed by atoms with Crippen LogP contribution in [0.5, 0.6) is 0 Å². The second-order valence-electron chi connectivity index (χ2n) is 3.53. The quantitative estimate of drug-likeness (QED) is 0.622. The fourth-order valence-electron chi connectivity index (χ4n) is 1.70. The highest BCUT2D eigenvalue weighted by Gasteiger charge is 2.02. The first-order chi connectivity index (χ1) is 7.93. The van der Waals surface area contributed by atoms with Crippen molar-refractivity contribution in [3.63, 3.8) is 0 Å². The van der Waals surface area contributed by atoms with Crippen molar-refractivity contribution in [3.8, 4) is 0 Å². The van der Waals surface area contributed by atoms with Crippen molar-refractivity contribution in [2.75, 3.05) is 5.32 Å². The average molecular weight is 213 g/mol. The van der Waals surface area contributed by atoms with Crippen molar-refractivity contribution in [2.45, 2.75) is 6.54 Å². The fraction of sp³-hybridized carbons (Fsp3) is 0.0909. The van der Waals surface area contributed by atoms with Gasteiger partial charge in [0.2, 0.25) is 0 Å². The normalized spacial score (nSPS) is 10.8. The lowest BCUT2D eigenvalue weighted by atomic mass is 10.2. The Hall–Kier alpha value is -2.30. The van der Waals surface area contributed by atoms with Crippen molar-refractivity contribution >= 4 is 16.6 Å². The molecule has 0 aliphatic rings. The summed E-state index contributed by atoms with van der Waals surface area (Å²) in [6.45, 7) is 0.678. The molecule has 0 aliphatic heterocycles. The van der Waals surface area contributed by atoms with Crippen molar-refractivity contribution in [1.82, 2.24) is 20.2 Å². The molecule has 0 bridgehead atoms. The Balaban J connectivity index is 1.86. The molecule has 1 aromatic carbocycles. The van der Waals surface area contributed by atoms with Gasteiger partial charge < -0.3 is 10.3 Å². The minimum Gasteiger partial charge on any atom is -0.377 e. The molecule has 5 heteroatoms. The largest absolute Gasteiger partial charge is 0.377 e. The van der Waals surface area contributed by atoms with Gasteiger partial charge >= 0.3 is 0 Å². The number of nitrogens with zero attached hydrogens (tertiary/aromatic N) is 2. The number of imidazole rings is 1. The molecule has 0 atom stereocenters. The third-order valence-electron chi connectivity index (χ3n) is 2.49. The van der Waals surface area contributed by atoms with E-state index in [1.165, 1.54) is 0 Å². The Kier molecular flexibility index (Phi) is 2.07. The van der Waals surface area contributed by atoms with Crippen LogP contribution in [0, 0.1) is 0 Å². The van der Waals surface area contributed by atoms with Crippen molar-refractivity contribution in [1.29, 1.82) is 0 Å². The minimum absolute atomic E-state index is 0.678. The zero-order valence-electron chi connectivity index (χ0n) is 8.57. The lowest BCUT2D eigenvalue weighted by molar-refractivity contribution is 1.00. The zero-order chi connectivity index (χ0) is 10.8. The van der Waals surface area contributed by atoms with Crippen LogP contribution >= 0.6 is 0 Å². The van der Waals surface area contributed by atoms with E-state index in [4.69, 9.17) is 0 Å². The molecule has 80 valence electrons. The number of aromatic amines is 2. The highest BCUT2D eigenvalue weighted by atomic mass is 15.1. The number of anilines is 1. The zero-order valence-corrected chi connectivity index (χ0v) is 8.57. The summed E-state index contributed by atoms with van der Waals surface area (Å²) in [4.78, 5) is 7.21. The predicted octanol–water partition coefficient (Wildman–Crippen LogP) is 1.90. The monoisotopic (exact) mass is 213 g/mol. The van der Waals surface area contributed by atoms with Gasteiger partial charge in [0.05, 0.1) is 18.3 Å². The Morgan fingerprint density at radius 3 is 3.19 bits per heavy atom. The molecule has 0 saturated heterocycles. The molecule has 0 radical (unpaired) electrons. The summed E-state index contributed by atoms with van der Waals surface area (Å²) in [7, 11) is 0. The maximum absolute atomic E-state index is 4.16. The molecule has 0 fully saturated rings. The number of rotatable bonds is 3. The van der Waals surface area contributed by atoms with Crippen LogP contribution < -0.4 is 5.32 Å². The van der Waals surface area contributed by atoms with Gasteiger partial charge in [-0.2, -0.15) is 5.10 Å². The molecule has 3 N–H and O–H groups in total. The molecule has 2 aromatic heterocycles. The molecule has 3 rings (SSSR count). The van der Waals surface area contributed by atoms with Gasteiger partial charge in [0.15, 0.2) is 0 Å². The lowest BCUT2D eigenvalue weighted by Crippen LogP contribution is -2.01. The van der Waals surface area contributed by atoms with Gasteiger partial charge in [0, 0.05) is 23.5 Å². The summed E-state index contributed by atoms with van der Waals surface area (Å²) in [6, 6.07) is 6.02. The number of benzene rings is 1. The van der Waals surface area contributed by atoms with Gasteiger partial charge in [0.25, 0.3) is 0 Å². The molecule has 0 unspecified atom stereocenters. The number of H-pyrrole nitrogens is 2. The molecule has 16 heavy (non-hydrogen) atoms. The van der Waals surface area contributed by atoms with Crippen LogP contribution in [0.1, 0.15) is 5.82 Å². The lowest BCUT2D eigenvalue weighted by Gasteiger charge is -2.05. The maximum Gasteiger partial charge on any atom is 0.125 e. The van der Waals surface area contributed by atoms with Gasteiger partial charge in [-0.1, -0.05) is 6.07 Å². The summed E-state index contributed by atoms with van der Waals surface area (Å²) in [5.74, 6) is 0.917. The van der Waals surface area contributed by atoms with Crippen LogP contribution in [0.4, 0.5) is 5.69 Å². The summed E-state index contributed by atoms with van der Waals surface area (Å²) in [5, 5.41) is 11.4. The Morgan fingerprint density at radius 2 is 2.31 bits per heavy atom. The van der Waals surface area contributed by atoms with Crippen LogP contribution in [0.25, 0.3) is 10.9 Å². The second-order valence-corrected chi connectivity index (χ2v) is 3.53. The van der Waals surface area contributed by atoms with E-state index in [1.807, 2.05) is 30.6 Å². The molecule has 0 spiro atoms. The maximum atomic E-state index is 4.16. The van der Waals surface area contributed by atoms with Gasteiger partial charge in [0.1, 0.15) is 5.82 Å². The van der Waals surface area contributed by atoms with E-state index in [0.29, 0.717) is 6.54 Å². The molecule has 0 saturated carbocycles.